The van der Waals surface area contributed by atoms with Gasteiger partial charge in [-0.3, -0.25) is 4.79 Å². The van der Waals surface area contributed by atoms with Gasteiger partial charge in [-0.05, 0) is 97.2 Å². The SMILES string of the molecule is CCC1CC(O)CC2CC(O)C3C(CC(O)C4(C)C(C(C)CCC(=O)O)CCC34)C12C. The summed E-state index contributed by atoms with van der Waals surface area (Å²) in [5.41, 5.74) is -0.188. The molecule has 5 nitrogen and oxygen atoms in total. The molecule has 12 unspecified atom stereocenters. The molecule has 4 rings (SSSR count). The summed E-state index contributed by atoms with van der Waals surface area (Å²) in [5, 5.41) is 42.7. The van der Waals surface area contributed by atoms with E-state index in [4.69, 9.17) is 5.11 Å². The molecule has 0 radical (unpaired) electrons. The number of carboxylic acids is 1. The van der Waals surface area contributed by atoms with E-state index in [-0.39, 0.29) is 47.2 Å². The molecule has 0 saturated heterocycles. The third-order valence-electron chi connectivity index (χ3n) is 11.1. The first-order valence-corrected chi connectivity index (χ1v) is 12.8. The topological polar surface area (TPSA) is 98.0 Å². The molecule has 0 aliphatic heterocycles. The van der Waals surface area contributed by atoms with Crippen LogP contribution in [0.3, 0.4) is 0 Å². The van der Waals surface area contributed by atoms with Gasteiger partial charge >= 0.3 is 5.97 Å². The number of hydrogen-bond acceptors (Lipinski definition) is 4. The van der Waals surface area contributed by atoms with Crippen molar-refractivity contribution < 1.29 is 25.2 Å². The molecule has 4 aliphatic carbocycles. The summed E-state index contributed by atoms with van der Waals surface area (Å²) in [4.78, 5) is 11.1. The number of fused-ring (bicyclic) bond motifs is 5. The van der Waals surface area contributed by atoms with Crippen LogP contribution < -0.4 is 0 Å². The lowest BCUT2D eigenvalue weighted by Gasteiger charge is -2.65. The quantitative estimate of drug-likeness (QED) is 0.520. The Hall–Kier alpha value is -0.650. The molecule has 4 fully saturated rings. The zero-order valence-electron chi connectivity index (χ0n) is 19.8. The van der Waals surface area contributed by atoms with Crippen molar-refractivity contribution in [1.29, 1.82) is 0 Å². The van der Waals surface area contributed by atoms with Crippen LogP contribution in [0.1, 0.15) is 85.5 Å². The standard InChI is InChI=1S/C26H44O5/c1-5-15-10-17(27)11-16-12-21(28)24-19-8-7-18(14(2)6-9-23(30)31)26(19,4)22(29)13-20(24)25(15,16)3/h14-22,24,27-29H,5-13H2,1-4H3,(H,30,31). The van der Waals surface area contributed by atoms with Crippen LogP contribution in [0.15, 0.2) is 0 Å². The van der Waals surface area contributed by atoms with Gasteiger partial charge in [-0.25, -0.2) is 0 Å². The van der Waals surface area contributed by atoms with Gasteiger partial charge in [-0.2, -0.15) is 0 Å². The number of aliphatic carboxylic acids is 1. The maximum atomic E-state index is 11.6. The van der Waals surface area contributed by atoms with Crippen LogP contribution in [0.4, 0.5) is 0 Å². The maximum absolute atomic E-state index is 11.6. The van der Waals surface area contributed by atoms with Crippen molar-refractivity contribution in [3.8, 4) is 0 Å². The predicted octanol–water partition coefficient (Wildman–Crippen LogP) is 4.08. The number of hydrogen-bond donors (Lipinski definition) is 4. The highest BCUT2D eigenvalue weighted by Gasteiger charge is 2.67. The van der Waals surface area contributed by atoms with Gasteiger partial charge in [-0.1, -0.05) is 34.1 Å². The zero-order chi connectivity index (χ0) is 22.7. The van der Waals surface area contributed by atoms with Crippen LogP contribution in [-0.2, 0) is 4.79 Å². The summed E-state index contributed by atoms with van der Waals surface area (Å²) < 4.78 is 0. The second-order valence-corrected chi connectivity index (χ2v) is 12.1. The smallest absolute Gasteiger partial charge is 0.303 e. The number of rotatable bonds is 5. The Morgan fingerprint density at radius 2 is 1.71 bits per heavy atom. The highest BCUT2D eigenvalue weighted by molar-refractivity contribution is 5.66. The Morgan fingerprint density at radius 1 is 1.00 bits per heavy atom. The van der Waals surface area contributed by atoms with E-state index in [2.05, 4.69) is 27.7 Å². The van der Waals surface area contributed by atoms with E-state index < -0.39 is 12.1 Å². The highest BCUT2D eigenvalue weighted by Crippen LogP contribution is 2.69. The summed E-state index contributed by atoms with van der Waals surface area (Å²) in [6.45, 7) is 9.02. The maximum Gasteiger partial charge on any atom is 0.303 e. The number of aliphatic hydroxyl groups is 3. The van der Waals surface area contributed by atoms with Gasteiger partial charge < -0.3 is 20.4 Å². The highest BCUT2D eigenvalue weighted by atomic mass is 16.4. The zero-order valence-corrected chi connectivity index (χ0v) is 19.8. The fourth-order valence-corrected chi connectivity index (χ4v) is 9.55. The Bertz CT molecular complexity index is 681. The van der Waals surface area contributed by atoms with Gasteiger partial charge in [0.25, 0.3) is 0 Å². The van der Waals surface area contributed by atoms with E-state index in [1.807, 2.05) is 0 Å². The van der Waals surface area contributed by atoms with Gasteiger partial charge in [0.05, 0.1) is 18.3 Å². The second kappa shape index (κ2) is 8.29. The largest absolute Gasteiger partial charge is 0.481 e. The summed E-state index contributed by atoms with van der Waals surface area (Å²) in [7, 11) is 0. The predicted molar refractivity (Wildman–Crippen MR) is 119 cm³/mol. The van der Waals surface area contributed by atoms with E-state index in [0.717, 1.165) is 44.9 Å². The van der Waals surface area contributed by atoms with Crippen molar-refractivity contribution in [2.75, 3.05) is 0 Å². The summed E-state index contributed by atoms with van der Waals surface area (Å²) in [5.74, 6) is 1.36. The fraction of sp³-hybridized carbons (Fsp3) is 0.962. The molecule has 4 N–H and O–H groups in total. The van der Waals surface area contributed by atoms with E-state index in [0.29, 0.717) is 30.1 Å². The van der Waals surface area contributed by atoms with E-state index >= 15 is 0 Å². The average molecular weight is 437 g/mol. The number of carboxylic acid groups (broad SMARTS) is 1. The molecule has 4 saturated carbocycles. The fourth-order valence-electron chi connectivity index (χ4n) is 9.55. The molecular formula is C26H44O5. The van der Waals surface area contributed by atoms with Crippen molar-refractivity contribution in [1.82, 2.24) is 0 Å². The molecule has 0 aromatic rings. The van der Waals surface area contributed by atoms with Crippen molar-refractivity contribution >= 4 is 5.97 Å². The van der Waals surface area contributed by atoms with E-state index in [1.165, 1.54) is 0 Å². The molecule has 31 heavy (non-hydrogen) atoms. The lowest BCUT2D eigenvalue weighted by atomic mass is 9.41. The first-order chi connectivity index (χ1) is 14.5. The normalized spacial score (nSPS) is 52.7. The molecule has 0 heterocycles. The van der Waals surface area contributed by atoms with Gasteiger partial charge in [0.1, 0.15) is 0 Å². The van der Waals surface area contributed by atoms with Crippen LogP contribution in [0.5, 0.6) is 0 Å². The molecule has 12 atom stereocenters. The van der Waals surface area contributed by atoms with Crippen molar-refractivity contribution in [3.05, 3.63) is 0 Å². The Balaban J connectivity index is 1.65. The molecular weight excluding hydrogens is 392 g/mol. The molecule has 5 heteroatoms. The Kier molecular flexibility index (Phi) is 6.28. The number of aliphatic hydroxyl groups excluding tert-OH is 3. The first kappa shape index (κ1) is 23.5. The van der Waals surface area contributed by atoms with E-state index in [1.54, 1.807) is 0 Å². The molecule has 0 amide bonds. The van der Waals surface area contributed by atoms with Crippen LogP contribution >= 0.6 is 0 Å². The lowest BCUT2D eigenvalue weighted by molar-refractivity contribution is -0.222. The number of carbonyl (C=O) groups is 1. The summed E-state index contributed by atoms with van der Waals surface area (Å²) in [6.07, 6.45) is 6.00. The monoisotopic (exact) mass is 436 g/mol. The Labute approximate surface area is 187 Å². The molecule has 0 bridgehead atoms. The van der Waals surface area contributed by atoms with Crippen molar-refractivity contribution in [3.63, 3.8) is 0 Å². The van der Waals surface area contributed by atoms with Gasteiger partial charge in [0, 0.05) is 6.42 Å². The van der Waals surface area contributed by atoms with Crippen molar-refractivity contribution in [2.45, 2.75) is 104 Å². The molecule has 178 valence electrons. The van der Waals surface area contributed by atoms with Crippen LogP contribution in [-0.4, -0.2) is 44.7 Å². The minimum atomic E-state index is -0.748. The van der Waals surface area contributed by atoms with Gasteiger partial charge in [0.15, 0.2) is 0 Å². The second-order valence-electron chi connectivity index (χ2n) is 12.1. The Morgan fingerprint density at radius 3 is 2.35 bits per heavy atom. The summed E-state index contributed by atoms with van der Waals surface area (Å²) >= 11 is 0. The molecule has 0 aromatic carbocycles. The van der Waals surface area contributed by atoms with Crippen molar-refractivity contribution in [2.24, 2.45) is 52.3 Å². The van der Waals surface area contributed by atoms with E-state index in [9.17, 15) is 20.1 Å². The minimum Gasteiger partial charge on any atom is -0.481 e. The van der Waals surface area contributed by atoms with Gasteiger partial charge in [-0.15, -0.1) is 0 Å². The first-order valence-electron chi connectivity index (χ1n) is 12.8. The van der Waals surface area contributed by atoms with Crippen LogP contribution in [0.2, 0.25) is 0 Å². The lowest BCUT2D eigenvalue weighted by Crippen LogP contribution is -2.64. The third kappa shape index (κ3) is 3.49. The molecule has 4 aliphatic rings. The minimum absolute atomic E-state index is 0.0627. The van der Waals surface area contributed by atoms with Crippen LogP contribution in [0, 0.1) is 52.3 Å². The molecule has 0 aromatic heterocycles. The summed E-state index contributed by atoms with van der Waals surface area (Å²) in [6, 6.07) is 0. The van der Waals surface area contributed by atoms with Crippen LogP contribution in [0.25, 0.3) is 0 Å². The average Bonchev–Trinajstić information content (AvgIpc) is 3.06. The molecule has 0 spiro atoms. The third-order valence-corrected chi connectivity index (χ3v) is 11.1. The van der Waals surface area contributed by atoms with Gasteiger partial charge in [0.2, 0.25) is 0 Å².